The summed E-state index contributed by atoms with van der Waals surface area (Å²) < 4.78 is 2.93. The Morgan fingerprint density at radius 2 is 2.10 bits per heavy atom. The first-order chi connectivity index (χ1) is 9.88. The van der Waals surface area contributed by atoms with E-state index < -0.39 is 0 Å². The number of nitrogens with two attached hydrogens (primary N) is 1. The molecule has 3 heterocycles. The Labute approximate surface area is 138 Å². The molecule has 0 amide bonds. The largest absolute Gasteiger partial charge is 0.383 e. The van der Waals surface area contributed by atoms with Crippen LogP contribution >= 0.6 is 22.6 Å². The highest BCUT2D eigenvalue weighted by Crippen LogP contribution is 2.31. The molecule has 0 unspecified atom stereocenters. The Balaban J connectivity index is 1.99. The van der Waals surface area contributed by atoms with E-state index in [1.54, 1.807) is 0 Å². The third-order valence-electron chi connectivity index (χ3n) is 4.17. The fraction of sp³-hybridized carbons (Fsp3) is 0.643. The summed E-state index contributed by atoms with van der Waals surface area (Å²) in [6.45, 7) is 8.94. The molecule has 3 rings (SSSR count). The number of fused-ring (bicyclic) bond motifs is 1. The zero-order valence-electron chi connectivity index (χ0n) is 12.7. The van der Waals surface area contributed by atoms with Crippen LogP contribution in [0.2, 0.25) is 0 Å². The van der Waals surface area contributed by atoms with Gasteiger partial charge in [0, 0.05) is 12.1 Å². The highest BCUT2D eigenvalue weighted by atomic mass is 127. The van der Waals surface area contributed by atoms with Gasteiger partial charge in [-0.1, -0.05) is 0 Å². The van der Waals surface area contributed by atoms with Crippen molar-refractivity contribution < 1.29 is 0 Å². The normalized spacial score (nSPS) is 21.0. The van der Waals surface area contributed by atoms with Gasteiger partial charge in [0.2, 0.25) is 0 Å². The van der Waals surface area contributed by atoms with E-state index in [0.717, 1.165) is 34.2 Å². The molecule has 21 heavy (non-hydrogen) atoms. The maximum atomic E-state index is 5.98. The Morgan fingerprint density at radius 3 is 2.81 bits per heavy atom. The Morgan fingerprint density at radius 1 is 1.33 bits per heavy atom. The van der Waals surface area contributed by atoms with E-state index in [4.69, 9.17) is 5.73 Å². The third-order valence-corrected chi connectivity index (χ3v) is 4.92. The van der Waals surface area contributed by atoms with Crippen LogP contribution in [0.3, 0.4) is 0 Å². The molecular weight excluding hydrogens is 379 g/mol. The van der Waals surface area contributed by atoms with Crippen LogP contribution < -0.4 is 5.73 Å². The summed E-state index contributed by atoms with van der Waals surface area (Å²) >= 11 is 2.22. The smallest absolute Gasteiger partial charge is 0.164 e. The zero-order valence-corrected chi connectivity index (χ0v) is 14.8. The number of hydrogen-bond acceptors (Lipinski definition) is 5. The molecule has 114 valence electrons. The lowest BCUT2D eigenvalue weighted by Crippen LogP contribution is -2.47. The number of hydrogen-bond donors (Lipinski definition) is 1. The van der Waals surface area contributed by atoms with Crippen LogP contribution in [-0.2, 0) is 0 Å². The molecule has 1 aliphatic rings. The SMILES string of the molecule is CC(C)(C)N1CCC[C@@H](n2nc(I)c3c(N)ncnc32)C1. The van der Waals surface area contributed by atoms with Crippen molar-refractivity contribution in [3.8, 4) is 0 Å². The van der Waals surface area contributed by atoms with Crippen molar-refractivity contribution in [1.82, 2.24) is 24.6 Å². The highest BCUT2D eigenvalue weighted by molar-refractivity contribution is 14.1. The van der Waals surface area contributed by atoms with Gasteiger partial charge in [0.1, 0.15) is 15.8 Å². The lowest BCUT2D eigenvalue weighted by molar-refractivity contribution is 0.0795. The molecule has 0 aromatic carbocycles. The van der Waals surface area contributed by atoms with Crippen LogP contribution in [0.25, 0.3) is 11.0 Å². The van der Waals surface area contributed by atoms with Gasteiger partial charge in [-0.15, -0.1) is 0 Å². The van der Waals surface area contributed by atoms with Crippen molar-refractivity contribution in [3.05, 3.63) is 10.0 Å². The highest BCUT2D eigenvalue weighted by Gasteiger charge is 2.30. The number of nitrogens with zero attached hydrogens (tertiary/aromatic N) is 5. The van der Waals surface area contributed by atoms with Gasteiger partial charge in [0.05, 0.1) is 11.4 Å². The van der Waals surface area contributed by atoms with Crippen molar-refractivity contribution in [2.45, 2.75) is 45.2 Å². The third kappa shape index (κ3) is 2.73. The number of nitrogen functional groups attached to an aromatic ring is 1. The number of piperidine rings is 1. The molecule has 0 saturated carbocycles. The van der Waals surface area contributed by atoms with Crippen molar-refractivity contribution in [1.29, 1.82) is 0 Å². The van der Waals surface area contributed by atoms with E-state index in [2.05, 4.69) is 63.3 Å². The van der Waals surface area contributed by atoms with Crippen molar-refractivity contribution in [2.24, 2.45) is 0 Å². The van der Waals surface area contributed by atoms with Gasteiger partial charge in [-0.05, 0) is 62.7 Å². The minimum atomic E-state index is 0.183. The van der Waals surface area contributed by atoms with E-state index in [1.807, 2.05) is 4.68 Å². The predicted octanol–water partition coefficient (Wildman–Crippen LogP) is 2.45. The monoisotopic (exact) mass is 400 g/mol. The second kappa shape index (κ2) is 5.35. The quantitative estimate of drug-likeness (QED) is 0.745. The summed E-state index contributed by atoms with van der Waals surface area (Å²) in [5, 5.41) is 5.57. The molecule has 1 aliphatic heterocycles. The molecule has 2 N–H and O–H groups in total. The summed E-state index contributed by atoms with van der Waals surface area (Å²) in [5.41, 5.74) is 7.01. The molecule has 0 aliphatic carbocycles. The van der Waals surface area contributed by atoms with Gasteiger partial charge in [-0.3, -0.25) is 4.90 Å². The Kier molecular flexibility index (Phi) is 3.81. The summed E-state index contributed by atoms with van der Waals surface area (Å²) in [6.07, 6.45) is 3.83. The van der Waals surface area contributed by atoms with E-state index in [1.165, 1.54) is 12.7 Å². The molecule has 1 saturated heterocycles. The standard InChI is InChI=1S/C14H21IN6/c1-14(2,3)20-6-4-5-9(7-20)21-13-10(11(15)19-21)12(16)17-8-18-13/h8-9H,4-7H2,1-3H3,(H2,16,17,18)/t9-/m1/s1. The Bertz CT molecular complexity index is 659. The van der Waals surface area contributed by atoms with Gasteiger partial charge in [0.15, 0.2) is 5.65 Å². The molecule has 0 radical (unpaired) electrons. The summed E-state index contributed by atoms with van der Waals surface area (Å²) in [4.78, 5) is 11.0. The molecule has 6 nitrogen and oxygen atoms in total. The minimum absolute atomic E-state index is 0.183. The van der Waals surface area contributed by atoms with E-state index >= 15 is 0 Å². The van der Waals surface area contributed by atoms with Crippen LogP contribution in [0, 0.1) is 3.70 Å². The van der Waals surface area contributed by atoms with E-state index in [9.17, 15) is 0 Å². The van der Waals surface area contributed by atoms with Gasteiger partial charge in [-0.25, -0.2) is 14.6 Å². The average molecular weight is 400 g/mol. The first-order valence-electron chi connectivity index (χ1n) is 7.27. The topological polar surface area (TPSA) is 72.9 Å². The number of halogens is 1. The molecule has 2 aromatic rings. The van der Waals surface area contributed by atoms with Crippen LogP contribution in [0.15, 0.2) is 6.33 Å². The average Bonchev–Trinajstić information content (AvgIpc) is 2.77. The lowest BCUT2D eigenvalue weighted by Gasteiger charge is -2.41. The number of likely N-dealkylation sites (tertiary alicyclic amines) is 1. The number of anilines is 1. The molecule has 0 bridgehead atoms. The van der Waals surface area contributed by atoms with Gasteiger partial charge >= 0.3 is 0 Å². The predicted molar refractivity (Wildman–Crippen MR) is 92.0 cm³/mol. The first kappa shape index (κ1) is 15.0. The summed E-state index contributed by atoms with van der Waals surface area (Å²) in [6, 6.07) is 0.346. The number of aromatic nitrogens is 4. The second-order valence-corrected chi connectivity index (χ2v) is 7.63. The molecule has 1 fully saturated rings. The molecule has 0 spiro atoms. The fourth-order valence-electron chi connectivity index (χ4n) is 2.97. The van der Waals surface area contributed by atoms with Gasteiger partial charge < -0.3 is 5.73 Å². The summed E-state index contributed by atoms with van der Waals surface area (Å²) in [5.74, 6) is 0.513. The van der Waals surface area contributed by atoms with Crippen molar-refractivity contribution in [3.63, 3.8) is 0 Å². The fourth-order valence-corrected chi connectivity index (χ4v) is 3.72. The number of rotatable bonds is 1. The van der Waals surface area contributed by atoms with E-state index in [0.29, 0.717) is 11.9 Å². The van der Waals surface area contributed by atoms with Crippen LogP contribution in [0.5, 0.6) is 0 Å². The molecule has 7 heteroatoms. The van der Waals surface area contributed by atoms with Crippen LogP contribution in [0.1, 0.15) is 39.7 Å². The van der Waals surface area contributed by atoms with Gasteiger partial charge in [-0.2, -0.15) is 5.10 Å². The van der Waals surface area contributed by atoms with Crippen LogP contribution in [-0.4, -0.2) is 43.3 Å². The minimum Gasteiger partial charge on any atom is -0.383 e. The zero-order chi connectivity index (χ0) is 15.2. The maximum Gasteiger partial charge on any atom is 0.164 e. The van der Waals surface area contributed by atoms with Crippen molar-refractivity contribution in [2.75, 3.05) is 18.8 Å². The Hall–Kier alpha value is -0.960. The molecule has 2 aromatic heterocycles. The van der Waals surface area contributed by atoms with Crippen LogP contribution in [0.4, 0.5) is 5.82 Å². The maximum absolute atomic E-state index is 5.98. The van der Waals surface area contributed by atoms with Crippen molar-refractivity contribution >= 4 is 39.4 Å². The second-order valence-electron chi connectivity index (χ2n) is 6.61. The lowest BCUT2D eigenvalue weighted by atomic mass is 9.98. The van der Waals surface area contributed by atoms with E-state index in [-0.39, 0.29) is 5.54 Å². The first-order valence-corrected chi connectivity index (χ1v) is 8.35. The molecule has 1 atom stereocenters. The molecular formula is C14H21IN6. The van der Waals surface area contributed by atoms with Gasteiger partial charge in [0.25, 0.3) is 0 Å². The summed E-state index contributed by atoms with van der Waals surface area (Å²) in [7, 11) is 0.